The highest BCUT2D eigenvalue weighted by Crippen LogP contribution is 2.36. The van der Waals surface area contributed by atoms with Crippen molar-refractivity contribution in [3.63, 3.8) is 0 Å². The van der Waals surface area contributed by atoms with Gasteiger partial charge in [-0.3, -0.25) is 4.57 Å². The van der Waals surface area contributed by atoms with Gasteiger partial charge in [0.2, 0.25) is 11.9 Å². The van der Waals surface area contributed by atoms with Crippen molar-refractivity contribution in [1.82, 2.24) is 19.5 Å². The van der Waals surface area contributed by atoms with Gasteiger partial charge in [0.15, 0.2) is 5.65 Å². The van der Waals surface area contributed by atoms with E-state index in [2.05, 4.69) is 20.6 Å². The lowest BCUT2D eigenvalue weighted by molar-refractivity contribution is 0.461. The lowest BCUT2D eigenvalue weighted by atomic mass is 9.96. The van der Waals surface area contributed by atoms with Crippen molar-refractivity contribution in [2.24, 2.45) is 0 Å². The van der Waals surface area contributed by atoms with Crippen LogP contribution in [0, 0.1) is 0 Å². The van der Waals surface area contributed by atoms with Gasteiger partial charge in [-0.15, -0.1) is 0 Å². The third-order valence-corrected chi connectivity index (χ3v) is 6.26. The molecule has 2 aromatic rings. The predicted molar refractivity (Wildman–Crippen MR) is 120 cm³/mol. The largest absolute Gasteiger partial charge is 0.351 e. The zero-order valence-electron chi connectivity index (χ0n) is 18.4. The van der Waals surface area contributed by atoms with Crippen LogP contribution in [0.25, 0.3) is 11.2 Å². The summed E-state index contributed by atoms with van der Waals surface area (Å²) >= 11 is 0. The van der Waals surface area contributed by atoms with Crippen molar-refractivity contribution in [1.29, 1.82) is 0 Å². The molecule has 31 heavy (non-hydrogen) atoms. The quantitative estimate of drug-likeness (QED) is 0.487. The molecule has 2 saturated carbocycles. The molecule has 2 aliphatic rings. The van der Waals surface area contributed by atoms with Crippen molar-refractivity contribution in [3.05, 3.63) is 29.6 Å². The molecule has 0 spiro atoms. The Kier molecular flexibility index (Phi) is 6.83. The van der Waals surface area contributed by atoms with Crippen LogP contribution < -0.4 is 10.6 Å². The summed E-state index contributed by atoms with van der Waals surface area (Å²) in [5.74, 6) is -0.214. The van der Waals surface area contributed by atoms with E-state index in [4.69, 9.17) is 4.98 Å². The van der Waals surface area contributed by atoms with Crippen molar-refractivity contribution in [2.75, 3.05) is 10.6 Å². The van der Waals surface area contributed by atoms with Crippen LogP contribution in [0.5, 0.6) is 0 Å². The lowest BCUT2D eigenvalue weighted by Gasteiger charge is -2.22. The summed E-state index contributed by atoms with van der Waals surface area (Å²) < 4.78 is 30.7. The zero-order valence-corrected chi connectivity index (χ0v) is 18.4. The van der Waals surface area contributed by atoms with Gasteiger partial charge in [-0.25, -0.2) is 18.7 Å². The third kappa shape index (κ3) is 4.88. The molecular weight excluding hydrogens is 398 g/mol. The summed E-state index contributed by atoms with van der Waals surface area (Å²) in [6.45, 7) is 3.06. The Labute approximate surface area is 182 Å². The number of fused-ring (bicyclic) bond motifs is 1. The Morgan fingerprint density at radius 1 is 1.10 bits per heavy atom. The first-order valence-corrected chi connectivity index (χ1v) is 11.6. The van der Waals surface area contributed by atoms with Crippen LogP contribution in [0.4, 0.5) is 20.7 Å². The average Bonchev–Trinajstić information content (AvgIpc) is 3.39. The molecule has 0 unspecified atom stereocenters. The summed E-state index contributed by atoms with van der Waals surface area (Å²) in [5.41, 5.74) is 1.16. The Balaban J connectivity index is 1.71. The molecule has 2 aliphatic carbocycles. The van der Waals surface area contributed by atoms with Crippen molar-refractivity contribution < 1.29 is 8.78 Å². The summed E-state index contributed by atoms with van der Waals surface area (Å²) in [6.07, 6.45) is 13.8. The molecular formula is C23H32F2N6. The molecule has 0 aliphatic heterocycles. The second-order valence-corrected chi connectivity index (χ2v) is 8.62. The van der Waals surface area contributed by atoms with Crippen molar-refractivity contribution >= 4 is 23.1 Å². The fourth-order valence-electron chi connectivity index (χ4n) is 4.69. The first-order valence-electron chi connectivity index (χ1n) is 11.6. The second kappa shape index (κ2) is 9.75. The molecule has 0 saturated heterocycles. The standard InChI is InChI=1S/C23H32F2N6/c1-3-9-18(25)20(15(2)24)29-23-28-19-14-26-22(27-16-10-5-4-6-11-16)30-21(19)31(23)17-12-7-8-13-17/h9,14,16-17H,3-8,10-13H2,1-2H3,(H,28,29)(H,26,27,30)/b18-9+,20-15-. The first kappa shape index (κ1) is 21.7. The minimum Gasteiger partial charge on any atom is -0.351 e. The van der Waals surface area contributed by atoms with E-state index in [0.717, 1.165) is 38.5 Å². The molecule has 0 amide bonds. The summed E-state index contributed by atoms with van der Waals surface area (Å²) in [5, 5.41) is 6.40. The van der Waals surface area contributed by atoms with E-state index in [1.807, 2.05) is 11.5 Å². The van der Waals surface area contributed by atoms with E-state index < -0.39 is 11.7 Å². The lowest BCUT2D eigenvalue weighted by Crippen LogP contribution is -2.23. The van der Waals surface area contributed by atoms with Gasteiger partial charge in [-0.2, -0.15) is 4.98 Å². The Morgan fingerprint density at radius 3 is 2.48 bits per heavy atom. The van der Waals surface area contributed by atoms with Gasteiger partial charge in [-0.05, 0) is 45.1 Å². The topological polar surface area (TPSA) is 67.7 Å². The van der Waals surface area contributed by atoms with Gasteiger partial charge in [0.25, 0.3) is 0 Å². The van der Waals surface area contributed by atoms with Gasteiger partial charge in [-0.1, -0.05) is 39.0 Å². The van der Waals surface area contributed by atoms with E-state index in [9.17, 15) is 8.78 Å². The number of nitrogens with one attached hydrogen (secondary N) is 2. The first-order chi connectivity index (χ1) is 15.1. The summed E-state index contributed by atoms with van der Waals surface area (Å²) in [4.78, 5) is 13.9. The Morgan fingerprint density at radius 2 is 1.81 bits per heavy atom. The van der Waals surface area contributed by atoms with E-state index in [-0.39, 0.29) is 11.7 Å². The predicted octanol–water partition coefficient (Wildman–Crippen LogP) is 6.56. The number of hydrogen-bond donors (Lipinski definition) is 2. The maximum absolute atomic E-state index is 14.5. The number of aromatic nitrogens is 4. The Hall–Kier alpha value is -2.51. The fourth-order valence-corrected chi connectivity index (χ4v) is 4.69. The number of rotatable bonds is 7. The third-order valence-electron chi connectivity index (χ3n) is 6.26. The number of anilines is 2. The fraction of sp³-hybridized carbons (Fsp3) is 0.609. The van der Waals surface area contributed by atoms with E-state index in [1.54, 1.807) is 6.20 Å². The highest BCUT2D eigenvalue weighted by Gasteiger charge is 2.26. The van der Waals surface area contributed by atoms with Gasteiger partial charge in [0.1, 0.15) is 22.9 Å². The van der Waals surface area contributed by atoms with Crippen LogP contribution in [-0.4, -0.2) is 25.6 Å². The van der Waals surface area contributed by atoms with E-state index >= 15 is 0 Å². The van der Waals surface area contributed by atoms with Crippen LogP contribution in [0.1, 0.15) is 84.1 Å². The smallest absolute Gasteiger partial charge is 0.224 e. The van der Waals surface area contributed by atoms with Crippen LogP contribution >= 0.6 is 0 Å². The molecule has 0 radical (unpaired) electrons. The highest BCUT2D eigenvalue weighted by molar-refractivity contribution is 5.76. The van der Waals surface area contributed by atoms with Crippen LogP contribution in [0.3, 0.4) is 0 Å². The molecule has 0 atom stereocenters. The van der Waals surface area contributed by atoms with Gasteiger partial charge in [0.05, 0.1) is 6.20 Å². The average molecular weight is 431 g/mol. The number of hydrogen-bond acceptors (Lipinski definition) is 5. The molecule has 4 rings (SSSR count). The van der Waals surface area contributed by atoms with E-state index in [0.29, 0.717) is 35.5 Å². The van der Waals surface area contributed by atoms with Gasteiger partial charge < -0.3 is 10.6 Å². The summed E-state index contributed by atoms with van der Waals surface area (Å²) in [6, 6.07) is 0.591. The molecule has 2 fully saturated rings. The summed E-state index contributed by atoms with van der Waals surface area (Å²) in [7, 11) is 0. The van der Waals surface area contributed by atoms with Crippen LogP contribution in [-0.2, 0) is 0 Å². The molecule has 168 valence electrons. The van der Waals surface area contributed by atoms with Crippen molar-refractivity contribution in [2.45, 2.75) is 90.1 Å². The Bertz CT molecular complexity index is 964. The molecule has 0 bridgehead atoms. The van der Waals surface area contributed by atoms with Gasteiger partial charge >= 0.3 is 0 Å². The van der Waals surface area contributed by atoms with Crippen LogP contribution in [0.15, 0.2) is 29.6 Å². The molecule has 2 heterocycles. The molecule has 2 aromatic heterocycles. The second-order valence-electron chi connectivity index (χ2n) is 8.62. The molecule has 6 nitrogen and oxygen atoms in total. The maximum Gasteiger partial charge on any atom is 0.224 e. The van der Waals surface area contributed by atoms with E-state index in [1.165, 1.54) is 32.3 Å². The maximum atomic E-state index is 14.5. The van der Waals surface area contributed by atoms with Crippen molar-refractivity contribution in [3.8, 4) is 0 Å². The number of imidazole rings is 1. The number of nitrogens with zero attached hydrogens (tertiary/aromatic N) is 4. The molecule has 2 N–H and O–H groups in total. The molecule has 8 heteroatoms. The number of halogens is 2. The monoisotopic (exact) mass is 430 g/mol. The minimum atomic E-state index is -0.613. The minimum absolute atomic E-state index is 0.176. The molecule has 0 aromatic carbocycles. The normalized spacial score (nSPS) is 19.7. The van der Waals surface area contributed by atoms with Crippen LogP contribution in [0.2, 0.25) is 0 Å². The number of allylic oxidation sites excluding steroid dienone is 3. The SMILES string of the molecule is CC/C=C(F)\C(Nc1nc2cnc(NC3CCCCC3)nc2n1C1CCCC1)=C(/C)F. The zero-order chi connectivity index (χ0) is 21.8. The van der Waals surface area contributed by atoms with Gasteiger partial charge in [0, 0.05) is 12.1 Å². The highest BCUT2D eigenvalue weighted by atomic mass is 19.1.